The van der Waals surface area contributed by atoms with Gasteiger partial charge in [0.1, 0.15) is 0 Å². The quantitative estimate of drug-likeness (QED) is 0.861. The zero-order valence-corrected chi connectivity index (χ0v) is 13.2. The molecule has 1 aromatic carbocycles. The molecule has 0 bridgehead atoms. The van der Waals surface area contributed by atoms with Crippen LogP contribution in [0.2, 0.25) is 5.02 Å². The van der Waals surface area contributed by atoms with E-state index in [1.807, 2.05) is 12.1 Å². The van der Waals surface area contributed by atoms with E-state index in [2.05, 4.69) is 25.2 Å². The lowest BCUT2D eigenvalue weighted by Gasteiger charge is -2.54. The molecule has 20 heavy (non-hydrogen) atoms. The topological polar surface area (TPSA) is 21.3 Å². The van der Waals surface area contributed by atoms with Gasteiger partial charge in [0.25, 0.3) is 0 Å². The summed E-state index contributed by atoms with van der Waals surface area (Å²) in [5.41, 5.74) is 2.70. The molecule has 0 heterocycles. The molecule has 0 aromatic heterocycles. The van der Waals surface area contributed by atoms with Gasteiger partial charge in [0, 0.05) is 28.8 Å². The Kier molecular flexibility index (Phi) is 3.96. The van der Waals surface area contributed by atoms with E-state index >= 15 is 0 Å². The summed E-state index contributed by atoms with van der Waals surface area (Å²) in [5.74, 6) is 0. The number of anilines is 1. The van der Waals surface area contributed by atoms with Gasteiger partial charge in [-0.3, -0.25) is 0 Å². The average molecular weight is 294 g/mol. The average Bonchev–Trinajstić information content (AvgIpc) is 2.95. The van der Waals surface area contributed by atoms with Crippen LogP contribution in [0.15, 0.2) is 18.2 Å². The highest BCUT2D eigenvalue weighted by Crippen LogP contribution is 2.55. The molecule has 0 aliphatic heterocycles. The first kappa shape index (κ1) is 14.2. The van der Waals surface area contributed by atoms with Gasteiger partial charge in [-0.25, -0.2) is 0 Å². The maximum Gasteiger partial charge on any atom is 0.0670 e. The maximum atomic E-state index is 6.22. The number of halogens is 1. The lowest BCUT2D eigenvalue weighted by molar-refractivity contribution is -0.114. The van der Waals surface area contributed by atoms with Crippen molar-refractivity contribution in [1.82, 2.24) is 0 Å². The van der Waals surface area contributed by atoms with Crippen LogP contribution in [0, 0.1) is 12.3 Å². The number of hydrogen-bond acceptors (Lipinski definition) is 2. The molecule has 2 nitrogen and oxygen atoms in total. The first-order valence-electron chi connectivity index (χ1n) is 7.80. The van der Waals surface area contributed by atoms with E-state index in [4.69, 9.17) is 16.3 Å². The van der Waals surface area contributed by atoms with Crippen molar-refractivity contribution in [3.05, 3.63) is 28.8 Å². The number of hydrogen-bond donors (Lipinski definition) is 1. The summed E-state index contributed by atoms with van der Waals surface area (Å²) in [4.78, 5) is 0. The Bertz CT molecular complexity index is 482. The van der Waals surface area contributed by atoms with Crippen LogP contribution in [0.3, 0.4) is 0 Å². The molecule has 0 radical (unpaired) electrons. The third-order valence-electron chi connectivity index (χ3n) is 5.28. The third kappa shape index (κ3) is 2.23. The van der Waals surface area contributed by atoms with Crippen molar-refractivity contribution >= 4 is 17.3 Å². The molecular weight excluding hydrogens is 270 g/mol. The van der Waals surface area contributed by atoms with Crippen LogP contribution >= 0.6 is 11.6 Å². The second kappa shape index (κ2) is 5.57. The summed E-state index contributed by atoms with van der Waals surface area (Å²) in [6, 6.07) is 6.66. The molecule has 2 unspecified atom stereocenters. The maximum absolute atomic E-state index is 6.22. The molecule has 110 valence electrons. The van der Waals surface area contributed by atoms with E-state index in [9.17, 15) is 0 Å². The lowest BCUT2D eigenvalue weighted by Crippen LogP contribution is -2.60. The molecule has 1 spiro atoms. The van der Waals surface area contributed by atoms with Gasteiger partial charge < -0.3 is 10.1 Å². The van der Waals surface area contributed by atoms with Crippen LogP contribution < -0.4 is 5.32 Å². The first-order chi connectivity index (χ1) is 9.67. The zero-order valence-electron chi connectivity index (χ0n) is 12.4. The summed E-state index contributed by atoms with van der Waals surface area (Å²) in [6.07, 6.45) is 6.86. The number of ether oxygens (including phenoxy) is 1. The van der Waals surface area contributed by atoms with Crippen molar-refractivity contribution in [3.63, 3.8) is 0 Å². The van der Waals surface area contributed by atoms with Crippen LogP contribution in [-0.2, 0) is 4.74 Å². The van der Waals surface area contributed by atoms with Crippen LogP contribution in [0.4, 0.5) is 5.69 Å². The van der Waals surface area contributed by atoms with Crippen molar-refractivity contribution < 1.29 is 4.74 Å². The molecule has 2 aliphatic rings. The van der Waals surface area contributed by atoms with Gasteiger partial charge in [-0.2, -0.15) is 0 Å². The Balaban J connectivity index is 1.76. The second-order valence-corrected chi connectivity index (χ2v) is 6.64. The highest BCUT2D eigenvalue weighted by Gasteiger charge is 2.56. The molecular formula is C17H24ClNO. The Labute approximate surface area is 126 Å². The number of benzene rings is 1. The van der Waals surface area contributed by atoms with Gasteiger partial charge in [0.2, 0.25) is 0 Å². The molecule has 1 N–H and O–H groups in total. The highest BCUT2D eigenvalue weighted by molar-refractivity contribution is 6.31. The molecule has 0 amide bonds. The molecule has 1 aromatic rings. The van der Waals surface area contributed by atoms with E-state index in [0.29, 0.717) is 17.6 Å². The Morgan fingerprint density at radius 1 is 1.35 bits per heavy atom. The molecule has 3 rings (SSSR count). The van der Waals surface area contributed by atoms with E-state index in [1.54, 1.807) is 0 Å². The van der Waals surface area contributed by atoms with E-state index in [-0.39, 0.29) is 0 Å². The fourth-order valence-electron chi connectivity index (χ4n) is 4.04. The Hall–Kier alpha value is -0.730. The van der Waals surface area contributed by atoms with Crippen LogP contribution in [0.25, 0.3) is 0 Å². The summed E-state index contributed by atoms with van der Waals surface area (Å²) in [7, 11) is 0. The number of rotatable bonds is 4. The van der Waals surface area contributed by atoms with Crippen LogP contribution in [0.5, 0.6) is 0 Å². The van der Waals surface area contributed by atoms with Crippen LogP contribution in [0.1, 0.15) is 44.6 Å². The van der Waals surface area contributed by atoms with Crippen molar-refractivity contribution in [2.75, 3.05) is 11.9 Å². The largest absolute Gasteiger partial charge is 0.381 e. The fraction of sp³-hybridized carbons (Fsp3) is 0.647. The fourth-order valence-corrected chi connectivity index (χ4v) is 4.22. The van der Waals surface area contributed by atoms with Gasteiger partial charge in [-0.15, -0.1) is 0 Å². The molecule has 2 saturated carbocycles. The minimum atomic E-state index is 0.366. The molecule has 3 heteroatoms. The van der Waals surface area contributed by atoms with Crippen molar-refractivity contribution in [1.29, 1.82) is 0 Å². The Morgan fingerprint density at radius 2 is 2.10 bits per heavy atom. The van der Waals surface area contributed by atoms with Gasteiger partial charge in [0.15, 0.2) is 0 Å². The summed E-state index contributed by atoms with van der Waals surface area (Å²) in [6.45, 7) is 5.02. The Morgan fingerprint density at radius 3 is 2.80 bits per heavy atom. The summed E-state index contributed by atoms with van der Waals surface area (Å²) < 4.78 is 5.97. The molecule has 2 fully saturated rings. The van der Waals surface area contributed by atoms with Crippen molar-refractivity contribution in [2.45, 2.75) is 58.1 Å². The minimum absolute atomic E-state index is 0.366. The van der Waals surface area contributed by atoms with Gasteiger partial charge in [-0.1, -0.05) is 30.5 Å². The van der Waals surface area contributed by atoms with Crippen LogP contribution in [-0.4, -0.2) is 18.8 Å². The van der Waals surface area contributed by atoms with Gasteiger partial charge in [-0.05, 0) is 50.8 Å². The predicted octanol–water partition coefficient (Wildman–Crippen LogP) is 4.80. The van der Waals surface area contributed by atoms with E-state index < -0.39 is 0 Å². The first-order valence-corrected chi connectivity index (χ1v) is 8.18. The SMILES string of the molecule is CCOC1CC(Nc2cccc(Cl)c2C)C12CCCC2. The predicted molar refractivity (Wildman–Crippen MR) is 84.5 cm³/mol. The second-order valence-electron chi connectivity index (χ2n) is 6.23. The molecule has 2 aliphatic carbocycles. The standard InChI is InChI=1S/C17H24ClNO/c1-3-20-16-11-15(17(16)9-4-5-10-17)19-14-8-6-7-13(18)12(14)2/h6-8,15-16,19H,3-5,9-11H2,1-2H3. The number of nitrogens with one attached hydrogen (secondary N) is 1. The zero-order chi connectivity index (χ0) is 14.2. The minimum Gasteiger partial charge on any atom is -0.381 e. The third-order valence-corrected chi connectivity index (χ3v) is 5.69. The lowest BCUT2D eigenvalue weighted by atomic mass is 9.60. The smallest absolute Gasteiger partial charge is 0.0670 e. The normalized spacial score (nSPS) is 27.6. The summed E-state index contributed by atoms with van der Waals surface area (Å²) >= 11 is 6.22. The van der Waals surface area contributed by atoms with Crippen molar-refractivity contribution in [2.24, 2.45) is 5.41 Å². The highest BCUT2D eigenvalue weighted by atomic mass is 35.5. The van der Waals surface area contributed by atoms with E-state index in [1.165, 1.54) is 31.4 Å². The molecule has 2 atom stereocenters. The van der Waals surface area contributed by atoms with E-state index in [0.717, 1.165) is 23.6 Å². The summed E-state index contributed by atoms with van der Waals surface area (Å²) in [5, 5.41) is 4.59. The van der Waals surface area contributed by atoms with Gasteiger partial charge in [0.05, 0.1) is 6.10 Å². The monoisotopic (exact) mass is 293 g/mol. The van der Waals surface area contributed by atoms with Crippen molar-refractivity contribution in [3.8, 4) is 0 Å². The van der Waals surface area contributed by atoms with Gasteiger partial charge >= 0.3 is 0 Å². The molecule has 0 saturated heterocycles.